The van der Waals surface area contributed by atoms with Gasteiger partial charge in [0.2, 0.25) is 5.91 Å². The molecule has 0 fully saturated rings. The van der Waals surface area contributed by atoms with Gasteiger partial charge in [0.1, 0.15) is 6.04 Å². The first-order chi connectivity index (χ1) is 12.0. The van der Waals surface area contributed by atoms with Gasteiger partial charge in [-0.05, 0) is 28.8 Å². The normalized spacial score (nSPS) is 16.3. The van der Waals surface area contributed by atoms with Gasteiger partial charge in [0.05, 0.1) is 13.5 Å². The molecule has 4 nitrogen and oxygen atoms in total. The molecule has 1 aliphatic rings. The number of ether oxygens (including phenoxy) is 1. The molecule has 25 heavy (non-hydrogen) atoms. The van der Waals surface area contributed by atoms with Crippen LogP contribution in [-0.2, 0) is 33.7 Å². The number of hydrogen-bond acceptors (Lipinski definition) is 3. The van der Waals surface area contributed by atoms with Crippen molar-refractivity contribution in [3.8, 4) is 0 Å². The number of esters is 1. The molecule has 0 saturated heterocycles. The van der Waals surface area contributed by atoms with Crippen molar-refractivity contribution in [2.45, 2.75) is 25.4 Å². The molecule has 6 heteroatoms. The Morgan fingerprint density at radius 2 is 1.88 bits per heavy atom. The molecular weight excluding hydrogens is 361 g/mol. The van der Waals surface area contributed by atoms with Crippen molar-refractivity contribution in [3.05, 3.63) is 69.2 Å². The lowest BCUT2D eigenvalue weighted by atomic mass is 9.93. The van der Waals surface area contributed by atoms with E-state index in [1.807, 2.05) is 24.3 Å². The molecule has 0 aliphatic carbocycles. The van der Waals surface area contributed by atoms with Gasteiger partial charge >= 0.3 is 5.97 Å². The van der Waals surface area contributed by atoms with Crippen LogP contribution < -0.4 is 0 Å². The van der Waals surface area contributed by atoms with Crippen LogP contribution in [0.15, 0.2) is 42.5 Å². The quantitative estimate of drug-likeness (QED) is 0.766. The third-order valence-electron chi connectivity index (χ3n) is 4.40. The van der Waals surface area contributed by atoms with Crippen molar-refractivity contribution in [1.82, 2.24) is 4.90 Å². The first-order valence-corrected chi connectivity index (χ1v) is 8.63. The highest BCUT2D eigenvalue weighted by Gasteiger charge is 2.35. The monoisotopic (exact) mass is 377 g/mol. The highest BCUT2D eigenvalue weighted by Crippen LogP contribution is 2.27. The summed E-state index contributed by atoms with van der Waals surface area (Å²) < 4.78 is 4.90. The van der Waals surface area contributed by atoms with Crippen LogP contribution in [0.25, 0.3) is 0 Å². The van der Waals surface area contributed by atoms with Crippen LogP contribution in [0.3, 0.4) is 0 Å². The van der Waals surface area contributed by atoms with Gasteiger partial charge in [-0.1, -0.05) is 53.5 Å². The van der Waals surface area contributed by atoms with Crippen LogP contribution in [0.4, 0.5) is 0 Å². The Kier molecular flexibility index (Phi) is 5.30. The fraction of sp³-hybridized carbons (Fsp3) is 0.263. The number of methoxy groups -OCH3 is 1. The fourth-order valence-corrected chi connectivity index (χ4v) is 3.54. The van der Waals surface area contributed by atoms with E-state index in [2.05, 4.69) is 0 Å². The summed E-state index contributed by atoms with van der Waals surface area (Å²) >= 11 is 12.1. The number of rotatable bonds is 3. The zero-order valence-electron chi connectivity index (χ0n) is 13.7. The zero-order valence-corrected chi connectivity index (χ0v) is 15.2. The third-order valence-corrected chi connectivity index (χ3v) is 4.99. The van der Waals surface area contributed by atoms with Gasteiger partial charge in [-0.15, -0.1) is 0 Å². The minimum atomic E-state index is -0.626. The largest absolute Gasteiger partial charge is 0.467 e. The van der Waals surface area contributed by atoms with Gasteiger partial charge in [-0.3, -0.25) is 4.79 Å². The number of nitrogens with zero attached hydrogens (tertiary/aromatic N) is 1. The Labute approximate surface area is 156 Å². The van der Waals surface area contributed by atoms with Gasteiger partial charge in [0, 0.05) is 23.0 Å². The molecule has 3 rings (SSSR count). The van der Waals surface area contributed by atoms with Gasteiger partial charge < -0.3 is 9.64 Å². The number of carbonyl (C=O) groups excluding carboxylic acids is 2. The standard InChI is InChI=1S/C19H17Cl2NO3/c1-25-19(24)17-8-12-4-2-3-5-14(12)11-22(17)18(23)9-13-6-7-15(20)10-16(13)21/h2-7,10,17H,8-9,11H2,1H3. The van der Waals surface area contributed by atoms with Gasteiger partial charge in [0.15, 0.2) is 0 Å². The maximum Gasteiger partial charge on any atom is 0.328 e. The minimum absolute atomic E-state index is 0.103. The van der Waals surface area contributed by atoms with E-state index < -0.39 is 12.0 Å². The Hall–Kier alpha value is -2.04. The summed E-state index contributed by atoms with van der Waals surface area (Å²) in [7, 11) is 1.33. The maximum absolute atomic E-state index is 12.9. The smallest absolute Gasteiger partial charge is 0.328 e. The number of fused-ring (bicyclic) bond motifs is 1. The van der Waals surface area contributed by atoms with Crippen molar-refractivity contribution in [2.24, 2.45) is 0 Å². The average molecular weight is 378 g/mol. The highest BCUT2D eigenvalue weighted by atomic mass is 35.5. The van der Waals surface area contributed by atoms with Gasteiger partial charge in [-0.25, -0.2) is 4.79 Å². The summed E-state index contributed by atoms with van der Waals surface area (Å²) in [5.74, 6) is -0.584. The van der Waals surface area contributed by atoms with E-state index in [-0.39, 0.29) is 12.3 Å². The summed E-state index contributed by atoms with van der Waals surface area (Å²) in [6, 6.07) is 12.2. The second kappa shape index (κ2) is 7.46. The molecule has 1 aliphatic heterocycles. The van der Waals surface area contributed by atoms with Gasteiger partial charge in [0.25, 0.3) is 0 Å². The van der Waals surface area contributed by atoms with Crippen molar-refractivity contribution in [1.29, 1.82) is 0 Å². The Bertz CT molecular complexity index is 822. The number of hydrogen-bond donors (Lipinski definition) is 0. The molecule has 0 spiro atoms. The molecule has 130 valence electrons. The molecule has 1 amide bonds. The van der Waals surface area contributed by atoms with E-state index in [0.717, 1.165) is 11.1 Å². The Morgan fingerprint density at radius 1 is 1.16 bits per heavy atom. The molecule has 0 saturated carbocycles. The fourth-order valence-electron chi connectivity index (χ4n) is 3.06. The Morgan fingerprint density at radius 3 is 2.56 bits per heavy atom. The van der Waals surface area contributed by atoms with E-state index >= 15 is 0 Å². The molecule has 2 aromatic carbocycles. The lowest BCUT2D eigenvalue weighted by Crippen LogP contribution is -2.49. The summed E-state index contributed by atoms with van der Waals surface area (Å²) in [4.78, 5) is 26.6. The average Bonchev–Trinajstić information content (AvgIpc) is 2.62. The third kappa shape index (κ3) is 3.80. The van der Waals surface area contributed by atoms with Crippen LogP contribution in [-0.4, -0.2) is 29.9 Å². The number of halogens is 2. The van der Waals surface area contributed by atoms with E-state index in [1.54, 1.807) is 23.1 Å². The SMILES string of the molecule is COC(=O)C1Cc2ccccc2CN1C(=O)Cc1ccc(Cl)cc1Cl. The van der Waals surface area contributed by atoms with Crippen LogP contribution in [0.1, 0.15) is 16.7 Å². The number of carbonyl (C=O) groups is 2. The number of amides is 1. The molecule has 1 unspecified atom stereocenters. The van der Waals surface area contributed by atoms with Crippen LogP contribution >= 0.6 is 23.2 Å². The van der Waals surface area contributed by atoms with Crippen LogP contribution in [0.2, 0.25) is 10.0 Å². The lowest BCUT2D eigenvalue weighted by molar-refractivity contribution is -0.153. The molecule has 0 bridgehead atoms. The topological polar surface area (TPSA) is 46.6 Å². The molecule has 0 N–H and O–H groups in total. The van der Waals surface area contributed by atoms with Crippen molar-refractivity contribution >= 4 is 35.1 Å². The van der Waals surface area contributed by atoms with E-state index in [1.165, 1.54) is 7.11 Å². The molecule has 1 heterocycles. The van der Waals surface area contributed by atoms with Crippen molar-refractivity contribution < 1.29 is 14.3 Å². The second-order valence-corrected chi connectivity index (χ2v) is 6.79. The van der Waals surface area contributed by atoms with E-state index in [4.69, 9.17) is 27.9 Å². The first-order valence-electron chi connectivity index (χ1n) is 7.87. The molecule has 1 atom stereocenters. The van der Waals surface area contributed by atoms with E-state index in [0.29, 0.717) is 28.6 Å². The zero-order chi connectivity index (χ0) is 18.0. The highest BCUT2D eigenvalue weighted by molar-refractivity contribution is 6.35. The summed E-state index contributed by atoms with van der Waals surface area (Å²) in [6.45, 7) is 0.375. The van der Waals surface area contributed by atoms with E-state index in [9.17, 15) is 9.59 Å². The second-order valence-electron chi connectivity index (χ2n) is 5.95. The molecule has 0 radical (unpaired) electrons. The van der Waals surface area contributed by atoms with Crippen molar-refractivity contribution in [2.75, 3.05) is 7.11 Å². The maximum atomic E-state index is 12.9. The summed E-state index contributed by atoms with van der Waals surface area (Å²) in [6.07, 6.45) is 0.550. The molecule has 0 aromatic heterocycles. The summed E-state index contributed by atoms with van der Waals surface area (Å²) in [5, 5.41) is 0.952. The first kappa shape index (κ1) is 17.8. The van der Waals surface area contributed by atoms with Crippen LogP contribution in [0.5, 0.6) is 0 Å². The minimum Gasteiger partial charge on any atom is -0.467 e. The summed E-state index contributed by atoms with van der Waals surface area (Å²) in [5.41, 5.74) is 2.78. The Balaban J connectivity index is 1.87. The predicted molar refractivity (Wildman–Crippen MR) is 96.7 cm³/mol. The predicted octanol–water partition coefficient (Wildman–Crippen LogP) is 3.66. The van der Waals surface area contributed by atoms with Gasteiger partial charge in [-0.2, -0.15) is 0 Å². The van der Waals surface area contributed by atoms with Crippen molar-refractivity contribution in [3.63, 3.8) is 0 Å². The molecular formula is C19H17Cl2NO3. The number of benzene rings is 2. The lowest BCUT2D eigenvalue weighted by Gasteiger charge is -2.35. The molecule has 2 aromatic rings. The van der Waals surface area contributed by atoms with Crippen LogP contribution in [0, 0.1) is 0 Å².